The summed E-state index contributed by atoms with van der Waals surface area (Å²) in [6, 6.07) is 0. The fourth-order valence-electron chi connectivity index (χ4n) is 3.55. The van der Waals surface area contributed by atoms with Crippen LogP contribution in [0.4, 0.5) is 32.6 Å². The van der Waals surface area contributed by atoms with Crippen molar-refractivity contribution in [3.8, 4) is 0 Å². The highest BCUT2D eigenvalue weighted by Gasteiger charge is 2.71. The normalized spacial score (nSPS) is 25.2. The molecule has 1 aliphatic heterocycles. The van der Waals surface area contributed by atoms with Crippen LogP contribution >= 0.6 is 10.2 Å². The van der Waals surface area contributed by atoms with Crippen molar-refractivity contribution in [3.63, 3.8) is 0 Å². The van der Waals surface area contributed by atoms with Gasteiger partial charge in [0.2, 0.25) is 6.10 Å². The van der Waals surface area contributed by atoms with Gasteiger partial charge in [-0.1, -0.05) is 50.6 Å². The van der Waals surface area contributed by atoms with Gasteiger partial charge in [0, 0.05) is 5.92 Å². The summed E-state index contributed by atoms with van der Waals surface area (Å²) in [5, 5.41) is 13.6. The summed E-state index contributed by atoms with van der Waals surface area (Å²) in [4.78, 5) is 21.2. The molecule has 18 heteroatoms. The Morgan fingerprint density at radius 2 is 1.69 bits per heavy atom. The average molecular weight is 550 g/mol. The molecule has 1 heterocycles. The molecule has 3 atom stereocenters. The Balaban J connectivity index is 2.54. The van der Waals surface area contributed by atoms with Crippen molar-refractivity contribution in [3.05, 3.63) is 34.6 Å². The van der Waals surface area contributed by atoms with Crippen LogP contribution in [0.3, 0.4) is 0 Å². The SMILES string of the molecule is CCC1=CC(S(F)(F)(F)(F)F)C(C)C2=C1O[C@H](C(F)(F)F)C(C(=O)OC(CONO)CONO)=C2. The zero-order valence-electron chi connectivity index (χ0n) is 18.0. The van der Waals surface area contributed by atoms with Gasteiger partial charge < -0.3 is 9.47 Å². The summed E-state index contributed by atoms with van der Waals surface area (Å²) >= 11 is 0. The molecule has 0 saturated carbocycles. The Labute approximate surface area is 192 Å². The van der Waals surface area contributed by atoms with Gasteiger partial charge in [0.25, 0.3) is 10.2 Å². The van der Waals surface area contributed by atoms with Crippen molar-refractivity contribution < 1.29 is 67.0 Å². The van der Waals surface area contributed by atoms with Crippen molar-refractivity contribution in [2.24, 2.45) is 5.92 Å². The van der Waals surface area contributed by atoms with Crippen LogP contribution in [0.1, 0.15) is 20.3 Å². The van der Waals surface area contributed by atoms with E-state index in [-0.39, 0.29) is 12.5 Å². The van der Waals surface area contributed by atoms with Crippen LogP contribution in [0.5, 0.6) is 0 Å². The van der Waals surface area contributed by atoms with Crippen LogP contribution in [-0.4, -0.2) is 53.2 Å². The molecule has 9 nitrogen and oxygen atoms in total. The van der Waals surface area contributed by atoms with E-state index in [1.165, 1.54) is 18.2 Å². The molecule has 2 aliphatic rings. The summed E-state index contributed by atoms with van der Waals surface area (Å²) in [6.07, 6.45) is -9.64. The van der Waals surface area contributed by atoms with E-state index in [4.69, 9.17) is 19.9 Å². The summed E-state index contributed by atoms with van der Waals surface area (Å²) < 4.78 is 119. The van der Waals surface area contributed by atoms with E-state index in [1.54, 1.807) is 0 Å². The van der Waals surface area contributed by atoms with E-state index in [2.05, 4.69) is 9.68 Å². The van der Waals surface area contributed by atoms with Gasteiger partial charge >= 0.3 is 12.1 Å². The lowest BCUT2D eigenvalue weighted by molar-refractivity contribution is -0.207. The van der Waals surface area contributed by atoms with Gasteiger partial charge in [-0.05, 0) is 23.6 Å². The number of allylic oxidation sites excluding steroid dienone is 3. The molecule has 0 aromatic heterocycles. The minimum atomic E-state index is -10.2. The zero-order chi connectivity index (χ0) is 26.9. The zero-order valence-corrected chi connectivity index (χ0v) is 18.8. The van der Waals surface area contributed by atoms with E-state index in [0.717, 1.165) is 6.92 Å². The Bertz CT molecular complexity index is 912. The molecule has 0 saturated heterocycles. The van der Waals surface area contributed by atoms with Crippen LogP contribution in [0.25, 0.3) is 0 Å². The molecule has 2 rings (SSSR count). The lowest BCUT2D eigenvalue weighted by atomic mass is 9.83. The van der Waals surface area contributed by atoms with Crippen molar-refractivity contribution in [2.75, 3.05) is 13.2 Å². The largest absolute Gasteiger partial charge is 0.475 e. The number of nitrogens with one attached hydrogen (secondary N) is 2. The maximum absolute atomic E-state index is 13.7. The molecule has 0 aromatic carbocycles. The topological polar surface area (TPSA) is 119 Å². The summed E-state index contributed by atoms with van der Waals surface area (Å²) in [6.45, 7) is 0.507. The quantitative estimate of drug-likeness (QED) is 0.177. The average Bonchev–Trinajstić information content (AvgIpc) is 2.72. The third-order valence-electron chi connectivity index (χ3n) is 5.10. The first-order valence-electron chi connectivity index (χ1n) is 9.69. The molecule has 0 spiro atoms. The van der Waals surface area contributed by atoms with Gasteiger partial charge in [-0.15, -0.1) is 0 Å². The molecule has 1 aliphatic carbocycles. The van der Waals surface area contributed by atoms with Gasteiger partial charge in [0.1, 0.15) is 24.2 Å². The molecule has 204 valence electrons. The van der Waals surface area contributed by atoms with E-state index >= 15 is 0 Å². The maximum atomic E-state index is 13.7. The van der Waals surface area contributed by atoms with Crippen molar-refractivity contribution in [2.45, 2.75) is 43.9 Å². The second-order valence-corrected chi connectivity index (χ2v) is 10.2. The van der Waals surface area contributed by atoms with Crippen LogP contribution in [0.2, 0.25) is 0 Å². The number of hydrogen-bond donors (Lipinski definition) is 4. The number of alkyl halides is 3. The van der Waals surface area contributed by atoms with Crippen molar-refractivity contribution in [1.82, 2.24) is 11.3 Å². The highest BCUT2D eigenvalue weighted by Crippen LogP contribution is 3.01. The number of esters is 1. The highest BCUT2D eigenvalue weighted by molar-refractivity contribution is 8.46. The molecule has 0 fully saturated rings. The summed E-state index contributed by atoms with van der Waals surface area (Å²) in [5.41, 5.74) is -0.129. The molecular weight excluding hydrogens is 528 g/mol. The van der Waals surface area contributed by atoms with Crippen LogP contribution in [0.15, 0.2) is 34.6 Å². The van der Waals surface area contributed by atoms with Crippen LogP contribution < -0.4 is 11.3 Å². The van der Waals surface area contributed by atoms with Crippen LogP contribution in [-0.2, 0) is 23.9 Å². The Kier molecular flexibility index (Phi) is 7.94. The number of rotatable bonds is 10. The Morgan fingerprint density at radius 3 is 2.11 bits per heavy atom. The molecule has 2 unspecified atom stereocenters. The fourth-order valence-corrected chi connectivity index (χ4v) is 4.89. The summed E-state index contributed by atoms with van der Waals surface area (Å²) in [5.74, 6) is -4.54. The van der Waals surface area contributed by atoms with Gasteiger partial charge in [-0.25, -0.2) is 4.79 Å². The smallest absolute Gasteiger partial charge is 0.430 e. The summed E-state index contributed by atoms with van der Waals surface area (Å²) in [7, 11) is -10.2. The number of hydrogen-bond acceptors (Lipinski definition) is 9. The monoisotopic (exact) mass is 550 g/mol. The molecule has 0 radical (unpaired) electrons. The third-order valence-corrected chi connectivity index (χ3v) is 6.67. The van der Waals surface area contributed by atoms with E-state index in [1.807, 2.05) is 0 Å². The maximum Gasteiger partial charge on any atom is 0.430 e. The van der Waals surface area contributed by atoms with Gasteiger partial charge in [0.15, 0.2) is 6.10 Å². The lowest BCUT2D eigenvalue weighted by Crippen LogP contribution is -2.43. The standard InChI is InChI=1S/C17H22F8N2O7S/c1-3-9-4-13(35(21,22,23,24)25)8(2)11-5-12(15(17(18,19)20)34-14(9)11)16(28)33-10(6-31-26-29)7-32-27-30/h4-5,8,10,13,15,26-27,29-30H,3,6-7H2,1-2H3/t8?,13?,15-/m0/s1. The minimum absolute atomic E-state index is 0.157. The minimum Gasteiger partial charge on any atom is -0.475 e. The molecule has 0 bridgehead atoms. The van der Waals surface area contributed by atoms with Gasteiger partial charge in [-0.2, -0.15) is 13.2 Å². The fraction of sp³-hybridized carbons (Fsp3) is 0.588. The number of ether oxygens (including phenoxy) is 2. The number of carbonyl (C=O) groups excluding carboxylic acids is 1. The molecular formula is C17H22F8N2O7S. The van der Waals surface area contributed by atoms with Gasteiger partial charge in [0.05, 0.1) is 5.57 Å². The highest BCUT2D eigenvalue weighted by atomic mass is 32.5. The number of carbonyl (C=O) groups is 1. The van der Waals surface area contributed by atoms with Gasteiger partial charge in [-0.3, -0.25) is 20.1 Å². The first-order valence-corrected chi connectivity index (χ1v) is 11.7. The molecule has 35 heavy (non-hydrogen) atoms. The second kappa shape index (κ2) is 9.49. The van der Waals surface area contributed by atoms with Crippen LogP contribution in [0, 0.1) is 5.92 Å². The first kappa shape index (κ1) is 29.3. The first-order chi connectivity index (χ1) is 15.8. The Hall–Kier alpha value is -1.96. The lowest BCUT2D eigenvalue weighted by Gasteiger charge is -2.50. The molecule has 0 aromatic rings. The Morgan fingerprint density at radius 1 is 1.14 bits per heavy atom. The predicted molar refractivity (Wildman–Crippen MR) is 102 cm³/mol. The van der Waals surface area contributed by atoms with Crippen molar-refractivity contribution >= 4 is 16.2 Å². The molecule has 0 amide bonds. The third kappa shape index (κ3) is 7.05. The van der Waals surface area contributed by atoms with E-state index < -0.39 is 81.4 Å². The van der Waals surface area contributed by atoms with E-state index in [0.29, 0.717) is 6.08 Å². The predicted octanol–water partition coefficient (Wildman–Crippen LogP) is 4.51. The second-order valence-electron chi connectivity index (χ2n) is 7.58. The van der Waals surface area contributed by atoms with E-state index in [9.17, 15) is 37.4 Å². The number of halogens is 8. The van der Waals surface area contributed by atoms with Crippen molar-refractivity contribution in [1.29, 1.82) is 0 Å². The molecule has 4 N–H and O–H groups in total.